The van der Waals surface area contributed by atoms with E-state index in [0.717, 1.165) is 23.5 Å². The van der Waals surface area contributed by atoms with E-state index in [4.69, 9.17) is 0 Å². The second kappa shape index (κ2) is 6.75. The summed E-state index contributed by atoms with van der Waals surface area (Å²) in [4.78, 5) is 11.1. The number of carbonyl (C=O) groups is 1. The number of hydrogen-bond donors (Lipinski definition) is 2. The van der Waals surface area contributed by atoms with Gasteiger partial charge in [0.1, 0.15) is 0 Å². The van der Waals surface area contributed by atoms with E-state index in [1.54, 1.807) is 0 Å². The van der Waals surface area contributed by atoms with Crippen LogP contribution in [0.5, 0.6) is 0 Å². The first-order valence-electron chi connectivity index (χ1n) is 7.48. The van der Waals surface area contributed by atoms with Gasteiger partial charge in [-0.05, 0) is 38.5 Å². The van der Waals surface area contributed by atoms with Gasteiger partial charge in [0.25, 0.3) is 0 Å². The van der Waals surface area contributed by atoms with Crippen LogP contribution in [0.1, 0.15) is 42.4 Å². The molecule has 0 aliphatic carbocycles. The second-order valence-electron chi connectivity index (χ2n) is 5.68. The molecule has 118 valence electrons. The van der Waals surface area contributed by atoms with Crippen molar-refractivity contribution < 1.29 is 4.79 Å². The molecule has 2 N–H and O–H groups in total. The predicted octanol–water partition coefficient (Wildman–Crippen LogP) is 2.85. The summed E-state index contributed by atoms with van der Waals surface area (Å²) in [6, 6.07) is 8.10. The molecule has 5 heteroatoms. The Balaban J connectivity index is 2.06. The number of aromatic nitrogens is 2. The summed E-state index contributed by atoms with van der Waals surface area (Å²) < 4.78 is 1.91. The molecule has 0 spiro atoms. The van der Waals surface area contributed by atoms with Crippen molar-refractivity contribution in [2.45, 2.75) is 40.3 Å². The summed E-state index contributed by atoms with van der Waals surface area (Å²) in [5.74, 6) is -0.0561. The molecule has 2 aromatic rings. The van der Waals surface area contributed by atoms with E-state index in [9.17, 15) is 4.79 Å². The zero-order valence-corrected chi connectivity index (χ0v) is 13.9. The van der Waals surface area contributed by atoms with Crippen molar-refractivity contribution in [1.29, 1.82) is 0 Å². The highest BCUT2D eigenvalue weighted by Crippen LogP contribution is 2.19. The van der Waals surface area contributed by atoms with Crippen molar-refractivity contribution >= 4 is 11.6 Å². The molecule has 0 radical (unpaired) electrons. The van der Waals surface area contributed by atoms with Crippen LogP contribution in [0.15, 0.2) is 24.3 Å². The Morgan fingerprint density at radius 2 is 2.09 bits per heavy atom. The highest BCUT2D eigenvalue weighted by molar-refractivity contribution is 5.88. The minimum atomic E-state index is -0.0561. The van der Waals surface area contributed by atoms with Crippen molar-refractivity contribution in [3.8, 4) is 0 Å². The summed E-state index contributed by atoms with van der Waals surface area (Å²) in [6.07, 6.45) is 0. The lowest BCUT2D eigenvalue weighted by Gasteiger charge is -2.16. The smallest absolute Gasteiger partial charge is 0.221 e. The molecule has 0 bridgehead atoms. The van der Waals surface area contributed by atoms with Gasteiger partial charge >= 0.3 is 0 Å². The van der Waals surface area contributed by atoms with E-state index in [-0.39, 0.29) is 11.9 Å². The zero-order chi connectivity index (χ0) is 16.3. The highest BCUT2D eigenvalue weighted by Gasteiger charge is 2.11. The normalized spacial score (nSPS) is 12.2. The molecule has 0 aliphatic heterocycles. The van der Waals surface area contributed by atoms with Crippen LogP contribution in [-0.4, -0.2) is 15.7 Å². The van der Waals surface area contributed by atoms with E-state index in [2.05, 4.69) is 35.6 Å². The fourth-order valence-electron chi connectivity index (χ4n) is 2.54. The van der Waals surface area contributed by atoms with Crippen molar-refractivity contribution in [3.05, 3.63) is 46.8 Å². The van der Waals surface area contributed by atoms with Crippen LogP contribution in [0, 0.1) is 13.8 Å². The average Bonchev–Trinajstić information content (AvgIpc) is 2.69. The number of hydrogen-bond acceptors (Lipinski definition) is 3. The highest BCUT2D eigenvalue weighted by atomic mass is 16.1. The van der Waals surface area contributed by atoms with Crippen LogP contribution in [-0.2, 0) is 18.4 Å². The average molecular weight is 300 g/mol. The molecule has 2 rings (SSSR count). The van der Waals surface area contributed by atoms with Gasteiger partial charge in [0.2, 0.25) is 5.91 Å². The first-order valence-corrected chi connectivity index (χ1v) is 7.48. The minimum absolute atomic E-state index is 0.0561. The van der Waals surface area contributed by atoms with Crippen LogP contribution < -0.4 is 10.6 Å². The van der Waals surface area contributed by atoms with Crippen molar-refractivity contribution in [1.82, 2.24) is 15.1 Å². The first kappa shape index (κ1) is 16.2. The van der Waals surface area contributed by atoms with Gasteiger partial charge < -0.3 is 10.6 Å². The van der Waals surface area contributed by atoms with Crippen LogP contribution in [0.3, 0.4) is 0 Å². The third kappa shape index (κ3) is 3.74. The summed E-state index contributed by atoms with van der Waals surface area (Å²) >= 11 is 0. The van der Waals surface area contributed by atoms with E-state index in [1.807, 2.05) is 36.9 Å². The number of amides is 1. The molecule has 1 aromatic heterocycles. The molecular weight excluding hydrogens is 276 g/mol. The molecule has 1 heterocycles. The Hall–Kier alpha value is -2.14. The molecule has 0 fully saturated rings. The third-order valence-electron chi connectivity index (χ3n) is 3.95. The van der Waals surface area contributed by atoms with Crippen molar-refractivity contribution in [2.24, 2.45) is 7.05 Å². The van der Waals surface area contributed by atoms with Gasteiger partial charge in [0.05, 0.1) is 5.69 Å². The molecule has 0 aliphatic rings. The van der Waals surface area contributed by atoms with Crippen LogP contribution in [0.25, 0.3) is 0 Å². The van der Waals surface area contributed by atoms with E-state index >= 15 is 0 Å². The Labute approximate surface area is 131 Å². The molecule has 1 amide bonds. The number of benzene rings is 1. The quantitative estimate of drug-likeness (QED) is 0.892. The molecular formula is C17H24N4O. The second-order valence-corrected chi connectivity index (χ2v) is 5.68. The van der Waals surface area contributed by atoms with Crippen LogP contribution in [0.4, 0.5) is 5.69 Å². The summed E-state index contributed by atoms with van der Waals surface area (Å²) in [5.41, 5.74) is 5.46. The van der Waals surface area contributed by atoms with Gasteiger partial charge in [-0.25, -0.2) is 0 Å². The SMILES string of the molecule is CC(=O)Nc1cccc(C(C)NCc2c(C)nn(C)c2C)c1. The monoisotopic (exact) mass is 300 g/mol. The first-order chi connectivity index (χ1) is 10.4. The summed E-state index contributed by atoms with van der Waals surface area (Å²) in [6.45, 7) is 8.53. The molecule has 0 saturated heterocycles. The van der Waals surface area contributed by atoms with Crippen LogP contribution in [0.2, 0.25) is 0 Å². The maximum atomic E-state index is 11.1. The van der Waals surface area contributed by atoms with Gasteiger partial charge in [-0.1, -0.05) is 12.1 Å². The number of carbonyl (C=O) groups excluding carboxylic acids is 1. The molecule has 1 unspecified atom stereocenters. The molecule has 5 nitrogen and oxygen atoms in total. The number of rotatable bonds is 5. The molecule has 1 atom stereocenters. The topological polar surface area (TPSA) is 59.0 Å². The zero-order valence-electron chi connectivity index (χ0n) is 13.9. The van der Waals surface area contributed by atoms with Crippen LogP contribution >= 0.6 is 0 Å². The molecule has 1 aromatic carbocycles. The third-order valence-corrected chi connectivity index (χ3v) is 3.95. The minimum Gasteiger partial charge on any atom is -0.326 e. The Kier molecular flexibility index (Phi) is 4.98. The lowest BCUT2D eigenvalue weighted by molar-refractivity contribution is -0.114. The van der Waals surface area contributed by atoms with E-state index < -0.39 is 0 Å². The number of anilines is 1. The fraction of sp³-hybridized carbons (Fsp3) is 0.412. The van der Waals surface area contributed by atoms with Crippen molar-refractivity contribution in [2.75, 3.05) is 5.32 Å². The summed E-state index contributed by atoms with van der Waals surface area (Å²) in [7, 11) is 1.96. The van der Waals surface area contributed by atoms with E-state index in [1.165, 1.54) is 18.2 Å². The van der Waals surface area contributed by atoms with Gasteiger partial charge in [-0.3, -0.25) is 9.48 Å². The van der Waals surface area contributed by atoms with Crippen molar-refractivity contribution in [3.63, 3.8) is 0 Å². The summed E-state index contributed by atoms with van der Waals surface area (Å²) in [5, 5.41) is 10.8. The Morgan fingerprint density at radius 1 is 1.36 bits per heavy atom. The van der Waals surface area contributed by atoms with Gasteiger partial charge in [-0.15, -0.1) is 0 Å². The fourth-order valence-corrected chi connectivity index (χ4v) is 2.54. The predicted molar refractivity (Wildman–Crippen MR) is 88.7 cm³/mol. The number of aryl methyl sites for hydroxylation is 2. The molecule has 0 saturated carbocycles. The van der Waals surface area contributed by atoms with Gasteiger partial charge in [0, 0.05) is 43.5 Å². The maximum absolute atomic E-state index is 11.1. The Morgan fingerprint density at radius 3 is 2.68 bits per heavy atom. The maximum Gasteiger partial charge on any atom is 0.221 e. The lowest BCUT2D eigenvalue weighted by Crippen LogP contribution is -2.19. The Bertz CT molecular complexity index is 675. The number of nitrogens with zero attached hydrogens (tertiary/aromatic N) is 2. The lowest BCUT2D eigenvalue weighted by atomic mass is 10.1. The van der Waals surface area contributed by atoms with E-state index in [0.29, 0.717) is 0 Å². The van der Waals surface area contributed by atoms with Gasteiger partial charge in [0.15, 0.2) is 0 Å². The van der Waals surface area contributed by atoms with Gasteiger partial charge in [-0.2, -0.15) is 5.10 Å². The largest absolute Gasteiger partial charge is 0.326 e. The standard InChI is InChI=1S/C17H24N4O/c1-11(15-7-6-8-16(9-15)19-14(4)22)18-10-17-12(2)20-21(5)13(17)3/h6-9,11,18H,10H2,1-5H3,(H,19,22). The number of nitrogens with one attached hydrogen (secondary N) is 2. The molecule has 22 heavy (non-hydrogen) atoms.